The van der Waals surface area contributed by atoms with E-state index >= 15 is 0 Å². The van der Waals surface area contributed by atoms with Crippen LogP contribution in [0, 0.1) is 6.92 Å². The van der Waals surface area contributed by atoms with E-state index in [4.69, 9.17) is 9.47 Å². The van der Waals surface area contributed by atoms with Gasteiger partial charge in [-0.15, -0.1) is 0 Å². The molecule has 1 atom stereocenters. The highest BCUT2D eigenvalue weighted by Gasteiger charge is 2.15. The molecule has 0 radical (unpaired) electrons. The molecule has 2 rings (SSSR count). The van der Waals surface area contributed by atoms with Crippen LogP contribution >= 0.6 is 0 Å². The maximum atomic E-state index is 12.0. The molecule has 1 aliphatic rings. The largest absolute Gasteiger partial charge is 0.495 e. The first kappa shape index (κ1) is 17.5. The lowest BCUT2D eigenvalue weighted by molar-refractivity contribution is 0.0154. The normalized spacial score (nSPS) is 16.7. The van der Waals surface area contributed by atoms with E-state index in [0.29, 0.717) is 31.2 Å². The summed E-state index contributed by atoms with van der Waals surface area (Å²) in [5.74, 6) is 0.597. The van der Waals surface area contributed by atoms with Crippen LogP contribution in [0.3, 0.4) is 0 Å². The van der Waals surface area contributed by atoms with Crippen molar-refractivity contribution in [2.24, 2.45) is 0 Å². The minimum Gasteiger partial charge on any atom is -0.495 e. The van der Waals surface area contributed by atoms with Gasteiger partial charge in [0.05, 0.1) is 32.1 Å². The second-order valence-electron chi connectivity index (χ2n) is 5.61. The molecule has 3 N–H and O–H groups in total. The summed E-state index contributed by atoms with van der Waals surface area (Å²) in [4.78, 5) is 14.1. The number of nitrogens with one attached hydrogen (secondary N) is 2. The Balaban J connectivity index is 1.77. The smallest absolute Gasteiger partial charge is 0.319 e. The van der Waals surface area contributed by atoms with Crippen molar-refractivity contribution in [3.8, 4) is 5.75 Å². The summed E-state index contributed by atoms with van der Waals surface area (Å²) in [5, 5.41) is 15.4. The molecule has 0 bridgehead atoms. The molecule has 128 valence electrons. The Hall–Kier alpha value is -1.83. The number of β-amino-alcohol motifs (C(OH)–C–C–N with tert-alkyl or cyclic N) is 1. The number of rotatable bonds is 6. The first-order chi connectivity index (χ1) is 11.1. The zero-order chi connectivity index (χ0) is 16.7. The summed E-state index contributed by atoms with van der Waals surface area (Å²) in [6.07, 6.45) is -0.613. The fraction of sp³-hybridized carbons (Fsp3) is 0.562. The molecule has 1 heterocycles. The van der Waals surface area contributed by atoms with E-state index in [9.17, 15) is 9.90 Å². The first-order valence-electron chi connectivity index (χ1n) is 7.76. The van der Waals surface area contributed by atoms with E-state index in [1.807, 2.05) is 19.1 Å². The Morgan fingerprint density at radius 2 is 2.17 bits per heavy atom. The third-order valence-corrected chi connectivity index (χ3v) is 3.67. The molecular weight excluding hydrogens is 298 g/mol. The van der Waals surface area contributed by atoms with Gasteiger partial charge in [-0.05, 0) is 24.6 Å². The molecule has 0 spiro atoms. The lowest BCUT2D eigenvalue weighted by Crippen LogP contribution is -2.45. The zero-order valence-electron chi connectivity index (χ0n) is 13.7. The van der Waals surface area contributed by atoms with E-state index in [-0.39, 0.29) is 12.6 Å². The van der Waals surface area contributed by atoms with Crippen LogP contribution in [-0.4, -0.2) is 68.6 Å². The molecular formula is C16H25N3O4. The van der Waals surface area contributed by atoms with Crippen LogP contribution in [0.2, 0.25) is 0 Å². The monoisotopic (exact) mass is 323 g/mol. The van der Waals surface area contributed by atoms with Gasteiger partial charge in [-0.2, -0.15) is 0 Å². The topological polar surface area (TPSA) is 83.1 Å². The van der Waals surface area contributed by atoms with Crippen LogP contribution in [0.4, 0.5) is 10.5 Å². The second kappa shape index (κ2) is 8.71. The van der Waals surface area contributed by atoms with Gasteiger partial charge >= 0.3 is 6.03 Å². The Bertz CT molecular complexity index is 518. The molecule has 1 aromatic carbocycles. The van der Waals surface area contributed by atoms with Crippen molar-refractivity contribution in [2.75, 3.05) is 51.8 Å². The van der Waals surface area contributed by atoms with Gasteiger partial charge in [0.25, 0.3) is 0 Å². The number of carbonyl (C=O) groups is 1. The van der Waals surface area contributed by atoms with Crippen molar-refractivity contribution in [1.29, 1.82) is 0 Å². The molecule has 2 amide bonds. The molecule has 0 aliphatic carbocycles. The van der Waals surface area contributed by atoms with Crippen molar-refractivity contribution in [3.05, 3.63) is 23.8 Å². The van der Waals surface area contributed by atoms with Gasteiger partial charge < -0.3 is 25.2 Å². The van der Waals surface area contributed by atoms with E-state index in [1.54, 1.807) is 13.2 Å². The number of benzene rings is 1. The Labute approximate surface area is 136 Å². The molecule has 1 fully saturated rings. The Morgan fingerprint density at radius 3 is 2.87 bits per heavy atom. The number of amides is 2. The summed E-state index contributed by atoms with van der Waals surface area (Å²) in [6, 6.07) is 5.18. The van der Waals surface area contributed by atoms with E-state index in [0.717, 1.165) is 18.7 Å². The predicted octanol–water partition coefficient (Wildman–Crippen LogP) is 0.818. The average molecular weight is 323 g/mol. The van der Waals surface area contributed by atoms with Crippen LogP contribution in [0.25, 0.3) is 0 Å². The lowest BCUT2D eigenvalue weighted by atomic mass is 10.2. The number of hydrogen-bond donors (Lipinski definition) is 3. The molecule has 0 saturated carbocycles. The minimum absolute atomic E-state index is 0.192. The maximum absolute atomic E-state index is 12.0. The van der Waals surface area contributed by atoms with Crippen LogP contribution in [0.5, 0.6) is 5.75 Å². The number of carbonyl (C=O) groups excluding carboxylic acids is 1. The lowest BCUT2D eigenvalue weighted by Gasteiger charge is -2.28. The molecule has 23 heavy (non-hydrogen) atoms. The number of ether oxygens (including phenoxy) is 2. The van der Waals surface area contributed by atoms with Gasteiger partial charge in [0.1, 0.15) is 5.75 Å². The SMILES string of the molecule is COc1ccc(C)cc1NC(=O)NC[C@H](O)CN1CCOCC1. The summed E-state index contributed by atoms with van der Waals surface area (Å²) < 4.78 is 10.5. The molecule has 1 saturated heterocycles. The third-order valence-electron chi connectivity index (χ3n) is 3.67. The van der Waals surface area contributed by atoms with Crippen molar-refractivity contribution in [1.82, 2.24) is 10.2 Å². The standard InChI is InChI=1S/C16H25N3O4/c1-12-3-4-15(22-2)14(9-12)18-16(21)17-10-13(20)11-19-5-7-23-8-6-19/h3-4,9,13,20H,5-8,10-11H2,1-2H3,(H2,17,18,21)/t13-/m0/s1. The first-order valence-corrected chi connectivity index (χ1v) is 7.76. The molecule has 0 aromatic heterocycles. The number of urea groups is 1. The minimum atomic E-state index is -0.613. The Kier molecular flexibility index (Phi) is 6.64. The summed E-state index contributed by atoms with van der Waals surface area (Å²) in [5.41, 5.74) is 1.63. The van der Waals surface area contributed by atoms with Gasteiger partial charge in [0, 0.05) is 26.2 Å². The third kappa shape index (κ3) is 5.70. The van der Waals surface area contributed by atoms with Crippen molar-refractivity contribution >= 4 is 11.7 Å². The highest BCUT2D eigenvalue weighted by atomic mass is 16.5. The fourth-order valence-corrected chi connectivity index (χ4v) is 2.44. The zero-order valence-corrected chi connectivity index (χ0v) is 13.7. The van der Waals surface area contributed by atoms with Gasteiger partial charge in [0.2, 0.25) is 0 Å². The number of anilines is 1. The molecule has 1 aliphatic heterocycles. The molecule has 0 unspecified atom stereocenters. The number of methoxy groups -OCH3 is 1. The van der Waals surface area contributed by atoms with E-state index in [1.165, 1.54) is 0 Å². The van der Waals surface area contributed by atoms with Crippen molar-refractivity contribution < 1.29 is 19.4 Å². The van der Waals surface area contributed by atoms with Crippen LogP contribution in [-0.2, 0) is 4.74 Å². The van der Waals surface area contributed by atoms with Gasteiger partial charge in [0.15, 0.2) is 0 Å². The predicted molar refractivity (Wildman–Crippen MR) is 88.0 cm³/mol. The second-order valence-corrected chi connectivity index (χ2v) is 5.61. The molecule has 7 nitrogen and oxygen atoms in total. The molecule has 1 aromatic rings. The number of hydrogen-bond acceptors (Lipinski definition) is 5. The van der Waals surface area contributed by atoms with E-state index in [2.05, 4.69) is 15.5 Å². The van der Waals surface area contributed by atoms with Crippen LogP contribution in [0.15, 0.2) is 18.2 Å². The van der Waals surface area contributed by atoms with Crippen molar-refractivity contribution in [2.45, 2.75) is 13.0 Å². The van der Waals surface area contributed by atoms with Crippen LogP contribution in [0.1, 0.15) is 5.56 Å². The summed E-state index contributed by atoms with van der Waals surface area (Å²) in [6.45, 7) is 5.65. The van der Waals surface area contributed by atoms with Gasteiger partial charge in [-0.25, -0.2) is 4.79 Å². The maximum Gasteiger partial charge on any atom is 0.319 e. The number of morpholine rings is 1. The van der Waals surface area contributed by atoms with E-state index < -0.39 is 6.10 Å². The summed E-state index contributed by atoms with van der Waals surface area (Å²) >= 11 is 0. The molecule has 7 heteroatoms. The van der Waals surface area contributed by atoms with Crippen molar-refractivity contribution in [3.63, 3.8) is 0 Å². The number of aliphatic hydroxyl groups is 1. The highest BCUT2D eigenvalue weighted by Crippen LogP contribution is 2.24. The highest BCUT2D eigenvalue weighted by molar-refractivity contribution is 5.91. The fourth-order valence-electron chi connectivity index (χ4n) is 2.44. The quantitative estimate of drug-likeness (QED) is 0.722. The van der Waals surface area contributed by atoms with Crippen LogP contribution < -0.4 is 15.4 Å². The summed E-state index contributed by atoms with van der Waals surface area (Å²) in [7, 11) is 1.56. The number of aryl methyl sites for hydroxylation is 1. The van der Waals surface area contributed by atoms with Gasteiger partial charge in [-0.1, -0.05) is 6.07 Å². The van der Waals surface area contributed by atoms with Gasteiger partial charge in [-0.3, -0.25) is 4.90 Å². The number of nitrogens with zero attached hydrogens (tertiary/aromatic N) is 1. The number of aliphatic hydroxyl groups excluding tert-OH is 1. The Morgan fingerprint density at radius 1 is 1.43 bits per heavy atom. The average Bonchev–Trinajstić information content (AvgIpc) is 2.54.